The number of nitrogens with one attached hydrogen (secondary N) is 1. The molecule has 0 aliphatic heterocycles. The second kappa shape index (κ2) is 7.00. The summed E-state index contributed by atoms with van der Waals surface area (Å²) in [6, 6.07) is 4.61. The fourth-order valence-electron chi connectivity index (χ4n) is 1.27. The second-order valence-electron chi connectivity index (χ2n) is 3.80. The van der Waals surface area contributed by atoms with Crippen molar-refractivity contribution in [2.24, 2.45) is 5.73 Å². The molecular formula is C12H15FN2O2S. The van der Waals surface area contributed by atoms with Gasteiger partial charge in [-0.25, -0.2) is 4.39 Å². The first kappa shape index (κ1) is 14.5. The zero-order valence-electron chi connectivity index (χ0n) is 10.0. The summed E-state index contributed by atoms with van der Waals surface area (Å²) >= 11 is 1.28. The van der Waals surface area contributed by atoms with Gasteiger partial charge in [-0.2, -0.15) is 11.8 Å². The van der Waals surface area contributed by atoms with Gasteiger partial charge in [-0.15, -0.1) is 0 Å². The number of amides is 2. The Balaban J connectivity index is 2.38. The topological polar surface area (TPSA) is 72.2 Å². The molecule has 0 fully saturated rings. The van der Waals surface area contributed by atoms with Crippen LogP contribution in [0.3, 0.4) is 0 Å². The molecule has 0 saturated carbocycles. The molecule has 3 N–H and O–H groups in total. The van der Waals surface area contributed by atoms with Gasteiger partial charge in [0.05, 0.1) is 11.4 Å². The maximum atomic E-state index is 13.4. The predicted octanol–water partition coefficient (Wildman–Crippen LogP) is 1.68. The number of aryl methyl sites for hydroxylation is 1. The molecule has 98 valence electrons. The smallest absolute Gasteiger partial charge is 0.227 e. The van der Waals surface area contributed by atoms with Crippen LogP contribution >= 0.6 is 11.8 Å². The largest absolute Gasteiger partial charge is 0.369 e. The average molecular weight is 270 g/mol. The van der Waals surface area contributed by atoms with Gasteiger partial charge in [0.1, 0.15) is 5.82 Å². The van der Waals surface area contributed by atoms with E-state index in [0.29, 0.717) is 5.75 Å². The molecule has 0 radical (unpaired) electrons. The van der Waals surface area contributed by atoms with Crippen molar-refractivity contribution in [3.8, 4) is 0 Å². The SMILES string of the molecule is Cc1ccc(NC(=O)CCSCC(N)=O)c(F)c1. The van der Waals surface area contributed by atoms with E-state index in [0.717, 1.165) is 5.56 Å². The van der Waals surface area contributed by atoms with Gasteiger partial charge in [0.2, 0.25) is 11.8 Å². The summed E-state index contributed by atoms with van der Waals surface area (Å²) in [5, 5.41) is 2.48. The Kier molecular flexibility index (Phi) is 5.64. The zero-order chi connectivity index (χ0) is 13.5. The van der Waals surface area contributed by atoms with Crippen LogP contribution < -0.4 is 11.1 Å². The van der Waals surface area contributed by atoms with E-state index in [1.54, 1.807) is 13.0 Å². The van der Waals surface area contributed by atoms with Crippen molar-refractivity contribution in [3.05, 3.63) is 29.6 Å². The number of primary amides is 1. The average Bonchev–Trinajstić information content (AvgIpc) is 2.28. The first-order valence-corrected chi connectivity index (χ1v) is 6.56. The number of carbonyl (C=O) groups excluding carboxylic acids is 2. The molecule has 0 unspecified atom stereocenters. The molecule has 2 amide bonds. The summed E-state index contributed by atoms with van der Waals surface area (Å²) in [4.78, 5) is 21.9. The molecule has 0 heterocycles. The van der Waals surface area contributed by atoms with Crippen molar-refractivity contribution < 1.29 is 14.0 Å². The molecule has 18 heavy (non-hydrogen) atoms. The van der Waals surface area contributed by atoms with Crippen LogP contribution in [0.5, 0.6) is 0 Å². The van der Waals surface area contributed by atoms with Crippen LogP contribution in [0, 0.1) is 12.7 Å². The monoisotopic (exact) mass is 270 g/mol. The number of halogens is 1. The number of hydrogen-bond acceptors (Lipinski definition) is 3. The summed E-state index contributed by atoms with van der Waals surface area (Å²) in [5.41, 5.74) is 5.92. The van der Waals surface area contributed by atoms with Crippen molar-refractivity contribution in [2.45, 2.75) is 13.3 Å². The highest BCUT2D eigenvalue weighted by molar-refractivity contribution is 7.99. The molecule has 0 bridgehead atoms. The number of thioether (sulfide) groups is 1. The third-order valence-corrected chi connectivity index (χ3v) is 3.10. The molecule has 0 aromatic heterocycles. The van der Waals surface area contributed by atoms with Crippen molar-refractivity contribution in [1.29, 1.82) is 0 Å². The molecule has 4 nitrogen and oxygen atoms in total. The van der Waals surface area contributed by atoms with Crippen LogP contribution in [0.15, 0.2) is 18.2 Å². The van der Waals surface area contributed by atoms with E-state index in [4.69, 9.17) is 5.73 Å². The van der Waals surface area contributed by atoms with Gasteiger partial charge in [-0.1, -0.05) is 6.07 Å². The van der Waals surface area contributed by atoms with E-state index < -0.39 is 11.7 Å². The highest BCUT2D eigenvalue weighted by atomic mass is 32.2. The highest BCUT2D eigenvalue weighted by Crippen LogP contribution is 2.15. The maximum Gasteiger partial charge on any atom is 0.227 e. The van der Waals surface area contributed by atoms with Crippen molar-refractivity contribution in [1.82, 2.24) is 0 Å². The van der Waals surface area contributed by atoms with Crippen molar-refractivity contribution in [2.75, 3.05) is 16.8 Å². The lowest BCUT2D eigenvalue weighted by atomic mass is 10.2. The van der Waals surface area contributed by atoms with E-state index >= 15 is 0 Å². The second-order valence-corrected chi connectivity index (χ2v) is 4.91. The lowest BCUT2D eigenvalue weighted by molar-refractivity contribution is -0.116. The van der Waals surface area contributed by atoms with E-state index in [1.165, 1.54) is 23.9 Å². The van der Waals surface area contributed by atoms with Gasteiger partial charge in [-0.05, 0) is 24.6 Å². The van der Waals surface area contributed by atoms with Gasteiger partial charge in [0.25, 0.3) is 0 Å². The molecule has 0 aliphatic rings. The fourth-order valence-corrected chi connectivity index (χ4v) is 1.95. The van der Waals surface area contributed by atoms with Gasteiger partial charge < -0.3 is 11.1 Å². The maximum absolute atomic E-state index is 13.4. The standard InChI is InChI=1S/C12H15FN2O2S/c1-8-2-3-10(9(13)6-8)15-12(17)4-5-18-7-11(14)16/h2-3,6H,4-5,7H2,1H3,(H2,14,16)(H,15,17). The van der Waals surface area contributed by atoms with Crippen LogP contribution in [-0.4, -0.2) is 23.3 Å². The molecule has 0 spiro atoms. The Morgan fingerprint density at radius 1 is 1.44 bits per heavy atom. The van der Waals surface area contributed by atoms with Crippen LogP contribution in [0.25, 0.3) is 0 Å². The lowest BCUT2D eigenvalue weighted by Crippen LogP contribution is -2.16. The van der Waals surface area contributed by atoms with Crippen LogP contribution in [0.4, 0.5) is 10.1 Å². The summed E-state index contributed by atoms with van der Waals surface area (Å²) in [5.74, 6) is -0.484. The highest BCUT2D eigenvalue weighted by Gasteiger charge is 2.07. The molecule has 1 rings (SSSR count). The van der Waals surface area contributed by atoms with E-state index in [9.17, 15) is 14.0 Å². The Morgan fingerprint density at radius 3 is 2.78 bits per heavy atom. The van der Waals surface area contributed by atoms with Crippen molar-refractivity contribution >= 4 is 29.3 Å². The molecular weight excluding hydrogens is 255 g/mol. The molecule has 0 aliphatic carbocycles. The third kappa shape index (κ3) is 5.18. The first-order valence-electron chi connectivity index (χ1n) is 5.41. The zero-order valence-corrected chi connectivity index (χ0v) is 10.8. The Bertz CT molecular complexity index is 452. The number of anilines is 1. The number of hydrogen-bond donors (Lipinski definition) is 2. The molecule has 0 atom stereocenters. The molecule has 1 aromatic carbocycles. The number of carbonyl (C=O) groups is 2. The Morgan fingerprint density at radius 2 is 2.17 bits per heavy atom. The summed E-state index contributed by atoms with van der Waals surface area (Å²) < 4.78 is 13.4. The predicted molar refractivity (Wildman–Crippen MR) is 70.9 cm³/mol. The van der Waals surface area contributed by atoms with E-state index in [2.05, 4.69) is 5.32 Å². The quantitative estimate of drug-likeness (QED) is 0.772. The number of rotatable bonds is 6. The minimum Gasteiger partial charge on any atom is -0.369 e. The first-order chi connectivity index (χ1) is 8.49. The van der Waals surface area contributed by atoms with Crippen LogP contribution in [0.2, 0.25) is 0 Å². The van der Waals surface area contributed by atoms with Gasteiger partial charge in [0.15, 0.2) is 0 Å². The minimum absolute atomic E-state index is 0.172. The number of nitrogens with two attached hydrogens (primary N) is 1. The minimum atomic E-state index is -0.451. The van der Waals surface area contributed by atoms with Crippen molar-refractivity contribution in [3.63, 3.8) is 0 Å². The lowest BCUT2D eigenvalue weighted by Gasteiger charge is -2.06. The van der Waals surface area contributed by atoms with Crippen LogP contribution in [0.1, 0.15) is 12.0 Å². The van der Waals surface area contributed by atoms with Gasteiger partial charge in [-0.3, -0.25) is 9.59 Å². The molecule has 0 saturated heterocycles. The Hall–Kier alpha value is -1.56. The van der Waals surface area contributed by atoms with Gasteiger partial charge >= 0.3 is 0 Å². The van der Waals surface area contributed by atoms with Gasteiger partial charge in [0, 0.05) is 12.2 Å². The summed E-state index contributed by atoms with van der Waals surface area (Å²) in [6.07, 6.45) is 0.214. The fraction of sp³-hybridized carbons (Fsp3) is 0.333. The normalized spacial score (nSPS) is 10.1. The molecule has 1 aromatic rings. The summed E-state index contributed by atoms with van der Waals surface area (Å²) in [7, 11) is 0. The van der Waals surface area contributed by atoms with E-state index in [-0.39, 0.29) is 23.8 Å². The third-order valence-electron chi connectivity index (χ3n) is 2.12. The Labute approximate surface area is 109 Å². The summed E-state index contributed by atoms with van der Waals surface area (Å²) in [6.45, 7) is 1.77. The molecule has 6 heteroatoms. The number of benzene rings is 1. The van der Waals surface area contributed by atoms with Crippen LogP contribution in [-0.2, 0) is 9.59 Å². The van der Waals surface area contributed by atoms with E-state index in [1.807, 2.05) is 0 Å².